The Morgan fingerprint density at radius 1 is 1.21 bits per heavy atom. The Hall–Kier alpha value is -1.24. The summed E-state index contributed by atoms with van der Waals surface area (Å²) in [6, 6.07) is -0.970. The Morgan fingerprint density at radius 2 is 1.79 bits per heavy atom. The van der Waals surface area contributed by atoms with Gasteiger partial charge in [-0.2, -0.15) is 0 Å². The highest BCUT2D eigenvalue weighted by molar-refractivity contribution is 8.00. The van der Waals surface area contributed by atoms with Gasteiger partial charge >= 0.3 is 5.97 Å². The third-order valence-corrected chi connectivity index (χ3v) is 3.48. The molecule has 110 valence electrons. The van der Waals surface area contributed by atoms with Gasteiger partial charge in [0.2, 0.25) is 11.8 Å². The van der Waals surface area contributed by atoms with Crippen molar-refractivity contribution in [2.45, 2.75) is 39.0 Å². The molecule has 1 unspecified atom stereocenters. The summed E-state index contributed by atoms with van der Waals surface area (Å²) in [5.74, 6) is -1.09. The van der Waals surface area contributed by atoms with Gasteiger partial charge in [-0.3, -0.25) is 9.59 Å². The van der Waals surface area contributed by atoms with E-state index in [9.17, 15) is 14.4 Å². The maximum atomic E-state index is 11.7. The third-order valence-electron chi connectivity index (χ3n) is 2.24. The highest BCUT2D eigenvalue weighted by Gasteiger charge is 2.21. The van der Waals surface area contributed by atoms with Crippen LogP contribution in [0.1, 0.15) is 27.7 Å². The molecule has 0 aliphatic rings. The van der Waals surface area contributed by atoms with Gasteiger partial charge in [0.15, 0.2) is 0 Å². The molecule has 0 saturated heterocycles. The number of carboxylic acids is 1. The molecular weight excluding hydrogens is 268 g/mol. The van der Waals surface area contributed by atoms with E-state index >= 15 is 0 Å². The van der Waals surface area contributed by atoms with Crippen LogP contribution in [0.25, 0.3) is 0 Å². The second kappa shape index (κ2) is 8.79. The van der Waals surface area contributed by atoms with E-state index in [0.717, 1.165) is 0 Å². The van der Waals surface area contributed by atoms with Gasteiger partial charge in [-0.1, -0.05) is 13.8 Å². The van der Waals surface area contributed by atoms with Gasteiger partial charge in [-0.15, -0.1) is 11.8 Å². The molecule has 0 aliphatic carbocycles. The van der Waals surface area contributed by atoms with Crippen LogP contribution < -0.4 is 10.6 Å². The van der Waals surface area contributed by atoms with Crippen molar-refractivity contribution < 1.29 is 19.5 Å². The van der Waals surface area contributed by atoms with E-state index in [2.05, 4.69) is 10.6 Å². The Morgan fingerprint density at radius 3 is 2.21 bits per heavy atom. The Bertz CT molecular complexity index is 334. The third kappa shape index (κ3) is 8.47. The lowest BCUT2D eigenvalue weighted by Gasteiger charge is -2.16. The lowest BCUT2D eigenvalue weighted by atomic mass is 10.2. The zero-order chi connectivity index (χ0) is 15.0. The van der Waals surface area contributed by atoms with E-state index < -0.39 is 17.9 Å². The summed E-state index contributed by atoms with van der Waals surface area (Å²) in [7, 11) is 0. The smallest absolute Gasteiger partial charge is 0.327 e. The predicted octanol–water partition coefficient (Wildman–Crippen LogP) is 0.470. The van der Waals surface area contributed by atoms with Crippen molar-refractivity contribution in [1.29, 1.82) is 0 Å². The molecule has 0 spiro atoms. The first-order valence-electron chi connectivity index (χ1n) is 6.13. The summed E-state index contributed by atoms with van der Waals surface area (Å²) in [4.78, 5) is 33.4. The molecule has 0 rings (SSSR count). The summed E-state index contributed by atoms with van der Waals surface area (Å²) in [6.45, 7) is 7.56. The van der Waals surface area contributed by atoms with Crippen LogP contribution in [0.3, 0.4) is 0 Å². The zero-order valence-corrected chi connectivity index (χ0v) is 12.5. The van der Waals surface area contributed by atoms with Crippen molar-refractivity contribution >= 4 is 29.5 Å². The predicted molar refractivity (Wildman–Crippen MR) is 75.0 cm³/mol. The molecule has 6 nitrogen and oxygen atoms in total. The summed E-state index contributed by atoms with van der Waals surface area (Å²) in [5.41, 5.74) is 0. The summed E-state index contributed by atoms with van der Waals surface area (Å²) < 4.78 is 0. The van der Waals surface area contributed by atoms with Crippen LogP contribution >= 0.6 is 11.8 Å². The highest BCUT2D eigenvalue weighted by Crippen LogP contribution is 2.12. The fourth-order valence-corrected chi connectivity index (χ4v) is 2.13. The average Bonchev–Trinajstić information content (AvgIpc) is 2.29. The van der Waals surface area contributed by atoms with E-state index in [4.69, 9.17) is 5.11 Å². The summed E-state index contributed by atoms with van der Waals surface area (Å²) in [6.07, 6.45) is 0. The molecule has 2 atom stereocenters. The van der Waals surface area contributed by atoms with E-state index in [1.165, 1.54) is 18.7 Å². The summed E-state index contributed by atoms with van der Waals surface area (Å²) in [5, 5.41) is 13.7. The first-order chi connectivity index (χ1) is 8.73. The van der Waals surface area contributed by atoms with Gasteiger partial charge in [-0.25, -0.2) is 4.79 Å². The molecule has 0 aromatic heterocycles. The van der Waals surface area contributed by atoms with Gasteiger partial charge in [0.25, 0.3) is 0 Å². The number of aliphatic carboxylic acids is 1. The molecule has 3 N–H and O–H groups in total. The van der Waals surface area contributed by atoms with E-state index in [-0.39, 0.29) is 16.9 Å². The molecule has 0 heterocycles. The lowest BCUT2D eigenvalue weighted by molar-refractivity contribution is -0.140. The number of carboxylic acid groups (broad SMARTS) is 1. The van der Waals surface area contributed by atoms with Gasteiger partial charge in [-0.05, 0) is 12.8 Å². The van der Waals surface area contributed by atoms with Crippen molar-refractivity contribution in [1.82, 2.24) is 10.6 Å². The van der Waals surface area contributed by atoms with Gasteiger partial charge in [0, 0.05) is 19.2 Å². The minimum absolute atomic E-state index is 0.120. The van der Waals surface area contributed by atoms with E-state index in [1.807, 2.05) is 13.8 Å². The molecule has 0 aromatic rings. The van der Waals surface area contributed by atoms with Gasteiger partial charge < -0.3 is 15.7 Å². The van der Waals surface area contributed by atoms with Crippen molar-refractivity contribution in [3.05, 3.63) is 0 Å². The van der Waals surface area contributed by atoms with Crippen LogP contribution in [-0.2, 0) is 14.4 Å². The van der Waals surface area contributed by atoms with Crippen LogP contribution in [0.5, 0.6) is 0 Å². The van der Waals surface area contributed by atoms with Crippen LogP contribution in [0.2, 0.25) is 0 Å². The molecule has 0 aliphatic heterocycles. The molecule has 0 radical (unpaired) electrons. The maximum absolute atomic E-state index is 11.7. The number of rotatable bonds is 8. The lowest BCUT2D eigenvalue weighted by Crippen LogP contribution is -2.42. The molecule has 19 heavy (non-hydrogen) atoms. The normalized spacial score (nSPS) is 13.7. The van der Waals surface area contributed by atoms with Crippen molar-refractivity contribution in [2.24, 2.45) is 5.92 Å². The Kier molecular flexibility index (Phi) is 8.22. The van der Waals surface area contributed by atoms with Crippen LogP contribution in [0.15, 0.2) is 0 Å². The zero-order valence-electron chi connectivity index (χ0n) is 11.7. The fourth-order valence-electron chi connectivity index (χ4n) is 1.18. The first kappa shape index (κ1) is 17.8. The average molecular weight is 290 g/mol. The molecular formula is C12H22N2O4S. The van der Waals surface area contributed by atoms with Crippen LogP contribution in [0.4, 0.5) is 0 Å². The second-order valence-corrected chi connectivity index (χ2v) is 6.08. The number of amides is 2. The topological polar surface area (TPSA) is 95.5 Å². The van der Waals surface area contributed by atoms with E-state index in [1.54, 1.807) is 6.92 Å². The molecule has 7 heteroatoms. The number of hydrogen-bond acceptors (Lipinski definition) is 4. The highest BCUT2D eigenvalue weighted by atomic mass is 32.2. The molecule has 0 fully saturated rings. The number of carbonyl (C=O) groups excluding carboxylic acids is 2. The van der Waals surface area contributed by atoms with Crippen LogP contribution in [0, 0.1) is 5.92 Å². The Labute approximate surface area is 117 Å². The van der Waals surface area contributed by atoms with Crippen molar-refractivity contribution in [2.75, 3.05) is 12.3 Å². The fraction of sp³-hybridized carbons (Fsp3) is 0.750. The standard InChI is InChI=1S/C12H22N2O4S/c1-7(2)5-13-11(16)8(3)19-6-10(12(17)18)14-9(4)15/h7-8,10H,5-6H2,1-4H3,(H,13,16)(H,14,15)(H,17,18)/t8?,10-/m0/s1. The first-order valence-corrected chi connectivity index (χ1v) is 7.18. The second-order valence-electron chi connectivity index (χ2n) is 4.71. The SMILES string of the molecule is CC(=O)N[C@@H](CSC(C)C(=O)NCC(C)C)C(=O)O. The molecule has 0 saturated carbocycles. The quantitative estimate of drug-likeness (QED) is 0.604. The molecule has 0 aromatic carbocycles. The van der Waals surface area contributed by atoms with Crippen molar-refractivity contribution in [3.63, 3.8) is 0 Å². The monoisotopic (exact) mass is 290 g/mol. The molecule has 2 amide bonds. The maximum Gasteiger partial charge on any atom is 0.327 e. The van der Waals surface area contributed by atoms with Crippen molar-refractivity contribution in [3.8, 4) is 0 Å². The Balaban J connectivity index is 4.16. The minimum atomic E-state index is -1.10. The van der Waals surface area contributed by atoms with Gasteiger partial charge in [0.1, 0.15) is 6.04 Å². The molecule has 0 bridgehead atoms. The van der Waals surface area contributed by atoms with E-state index in [0.29, 0.717) is 12.5 Å². The van der Waals surface area contributed by atoms with Crippen LogP contribution in [-0.4, -0.2) is 46.5 Å². The number of nitrogens with one attached hydrogen (secondary N) is 2. The number of thioether (sulfide) groups is 1. The minimum Gasteiger partial charge on any atom is -0.480 e. The summed E-state index contributed by atoms with van der Waals surface area (Å²) >= 11 is 1.21. The largest absolute Gasteiger partial charge is 0.480 e. The van der Waals surface area contributed by atoms with Gasteiger partial charge in [0.05, 0.1) is 5.25 Å². The number of hydrogen-bond donors (Lipinski definition) is 3. The number of carbonyl (C=O) groups is 3.